The molecule has 0 radical (unpaired) electrons. The SMILES string of the molecule is O=C1NC(S)(N2CCOCC2)OC2=C1CCCC2. The van der Waals surface area contributed by atoms with E-state index in [2.05, 4.69) is 17.9 Å². The summed E-state index contributed by atoms with van der Waals surface area (Å²) in [6, 6.07) is 0. The first kappa shape index (κ1) is 12.3. The van der Waals surface area contributed by atoms with Crippen LogP contribution in [-0.2, 0) is 14.3 Å². The number of amides is 1. The van der Waals surface area contributed by atoms with Crippen LogP contribution in [0.1, 0.15) is 25.7 Å². The van der Waals surface area contributed by atoms with E-state index in [1.54, 1.807) is 0 Å². The Bertz CT molecular complexity index is 393. The largest absolute Gasteiger partial charge is 0.449 e. The Morgan fingerprint density at radius 1 is 1.22 bits per heavy atom. The number of hydrogen-bond acceptors (Lipinski definition) is 5. The summed E-state index contributed by atoms with van der Waals surface area (Å²) in [6.07, 6.45) is 3.80. The van der Waals surface area contributed by atoms with Crippen LogP contribution in [0.5, 0.6) is 0 Å². The Labute approximate surface area is 112 Å². The molecule has 1 amide bonds. The molecule has 1 N–H and O–H groups in total. The third kappa shape index (κ3) is 2.13. The maximum atomic E-state index is 12.1. The Hall–Kier alpha value is -0.720. The summed E-state index contributed by atoms with van der Waals surface area (Å²) in [5.41, 5.74) is 0.805. The minimum atomic E-state index is -1.00. The van der Waals surface area contributed by atoms with E-state index < -0.39 is 5.18 Å². The zero-order chi connectivity index (χ0) is 12.6. The van der Waals surface area contributed by atoms with Crippen molar-refractivity contribution >= 4 is 18.5 Å². The highest BCUT2D eigenvalue weighted by molar-refractivity contribution is 7.81. The highest BCUT2D eigenvalue weighted by Crippen LogP contribution is 2.35. The van der Waals surface area contributed by atoms with Crippen LogP contribution in [0.25, 0.3) is 0 Å². The van der Waals surface area contributed by atoms with Gasteiger partial charge in [0.2, 0.25) is 0 Å². The van der Waals surface area contributed by atoms with Crippen molar-refractivity contribution < 1.29 is 14.3 Å². The van der Waals surface area contributed by atoms with Crippen molar-refractivity contribution in [2.24, 2.45) is 0 Å². The molecule has 0 aromatic heterocycles. The van der Waals surface area contributed by atoms with Gasteiger partial charge < -0.3 is 9.47 Å². The third-order valence-corrected chi connectivity index (χ3v) is 4.16. The van der Waals surface area contributed by atoms with Gasteiger partial charge in [-0.3, -0.25) is 10.1 Å². The highest BCUT2D eigenvalue weighted by Gasteiger charge is 2.43. The molecule has 5 nitrogen and oxygen atoms in total. The van der Waals surface area contributed by atoms with Crippen molar-refractivity contribution in [2.45, 2.75) is 30.9 Å². The number of carbonyl (C=O) groups is 1. The molecule has 0 saturated carbocycles. The Kier molecular flexibility index (Phi) is 3.25. The van der Waals surface area contributed by atoms with Gasteiger partial charge in [0.1, 0.15) is 5.76 Å². The molecule has 2 aliphatic heterocycles. The van der Waals surface area contributed by atoms with Gasteiger partial charge in [0.25, 0.3) is 11.1 Å². The van der Waals surface area contributed by atoms with E-state index in [1.807, 2.05) is 4.90 Å². The summed E-state index contributed by atoms with van der Waals surface area (Å²) in [7, 11) is 0. The first-order chi connectivity index (χ1) is 8.69. The lowest BCUT2D eigenvalue weighted by atomic mass is 9.96. The second-order valence-corrected chi connectivity index (χ2v) is 5.48. The van der Waals surface area contributed by atoms with Crippen molar-refractivity contribution in [3.63, 3.8) is 0 Å². The van der Waals surface area contributed by atoms with Crippen molar-refractivity contribution in [2.75, 3.05) is 26.3 Å². The Morgan fingerprint density at radius 3 is 2.72 bits per heavy atom. The van der Waals surface area contributed by atoms with Crippen molar-refractivity contribution in [3.05, 3.63) is 11.3 Å². The van der Waals surface area contributed by atoms with E-state index in [-0.39, 0.29) is 5.91 Å². The van der Waals surface area contributed by atoms with Crippen LogP contribution in [0, 0.1) is 0 Å². The van der Waals surface area contributed by atoms with E-state index in [0.29, 0.717) is 26.3 Å². The molecule has 0 spiro atoms. The van der Waals surface area contributed by atoms with E-state index in [4.69, 9.17) is 9.47 Å². The number of nitrogens with one attached hydrogen (secondary N) is 1. The van der Waals surface area contributed by atoms with Gasteiger partial charge >= 0.3 is 0 Å². The zero-order valence-electron chi connectivity index (χ0n) is 10.3. The summed E-state index contributed by atoms with van der Waals surface area (Å²) >= 11 is 4.55. The van der Waals surface area contributed by atoms with Gasteiger partial charge in [-0.25, -0.2) is 4.90 Å². The molecular formula is C12H18N2O3S. The van der Waals surface area contributed by atoms with E-state index in [0.717, 1.165) is 37.0 Å². The minimum Gasteiger partial charge on any atom is -0.449 e. The standard InChI is InChI=1S/C12H18N2O3S/c15-11-9-3-1-2-4-10(9)17-12(18,13-11)14-5-7-16-8-6-14/h18H,1-8H2,(H,13,15). The fraction of sp³-hybridized carbons (Fsp3) is 0.750. The summed E-state index contributed by atoms with van der Waals surface area (Å²) in [4.78, 5) is 14.1. The van der Waals surface area contributed by atoms with Gasteiger partial charge in [-0.1, -0.05) is 12.6 Å². The molecule has 0 aromatic rings. The fourth-order valence-corrected chi connectivity index (χ4v) is 3.07. The molecule has 1 unspecified atom stereocenters. The number of rotatable bonds is 1. The topological polar surface area (TPSA) is 50.8 Å². The number of hydrogen-bond donors (Lipinski definition) is 2. The lowest BCUT2D eigenvalue weighted by Crippen LogP contribution is -2.63. The van der Waals surface area contributed by atoms with E-state index in [9.17, 15) is 4.79 Å². The smallest absolute Gasteiger partial charge is 0.291 e. The number of thiol groups is 1. The van der Waals surface area contributed by atoms with Crippen molar-refractivity contribution in [1.29, 1.82) is 0 Å². The molecule has 0 aromatic carbocycles. The molecule has 6 heteroatoms. The first-order valence-electron chi connectivity index (χ1n) is 6.48. The molecule has 3 rings (SSSR count). The third-order valence-electron chi connectivity index (χ3n) is 3.67. The molecule has 2 heterocycles. The van der Waals surface area contributed by atoms with E-state index in [1.165, 1.54) is 0 Å². The molecule has 3 aliphatic rings. The average molecular weight is 270 g/mol. The number of carbonyl (C=O) groups excluding carboxylic acids is 1. The average Bonchev–Trinajstić information content (AvgIpc) is 2.40. The van der Waals surface area contributed by atoms with Gasteiger partial charge in [0.05, 0.1) is 18.8 Å². The Balaban J connectivity index is 1.82. The summed E-state index contributed by atoms with van der Waals surface area (Å²) < 4.78 is 11.3. The molecule has 1 atom stereocenters. The molecule has 0 bridgehead atoms. The normalized spacial score (nSPS) is 33.7. The molecule has 1 aliphatic carbocycles. The lowest BCUT2D eigenvalue weighted by Gasteiger charge is -2.45. The number of morpholine rings is 1. The van der Waals surface area contributed by atoms with Crippen molar-refractivity contribution in [3.8, 4) is 0 Å². The quantitative estimate of drug-likeness (QED) is 0.693. The van der Waals surface area contributed by atoms with Gasteiger partial charge in [0.15, 0.2) is 0 Å². The van der Waals surface area contributed by atoms with Crippen LogP contribution in [0.2, 0.25) is 0 Å². The van der Waals surface area contributed by atoms with Crippen LogP contribution in [0.3, 0.4) is 0 Å². The zero-order valence-corrected chi connectivity index (χ0v) is 11.2. The lowest BCUT2D eigenvalue weighted by molar-refractivity contribution is -0.148. The number of ether oxygens (including phenoxy) is 2. The monoisotopic (exact) mass is 270 g/mol. The second-order valence-electron chi connectivity index (χ2n) is 4.87. The summed E-state index contributed by atoms with van der Waals surface area (Å²) in [5.74, 6) is 0.795. The van der Waals surface area contributed by atoms with Gasteiger partial charge in [-0.05, 0) is 19.3 Å². The second kappa shape index (κ2) is 4.75. The van der Waals surface area contributed by atoms with Crippen LogP contribution >= 0.6 is 12.6 Å². The van der Waals surface area contributed by atoms with Gasteiger partial charge in [-0.15, -0.1) is 0 Å². The van der Waals surface area contributed by atoms with Gasteiger partial charge in [0, 0.05) is 19.5 Å². The Morgan fingerprint density at radius 2 is 1.94 bits per heavy atom. The minimum absolute atomic E-state index is 0.0301. The molecule has 1 saturated heterocycles. The highest BCUT2D eigenvalue weighted by atomic mass is 32.1. The molecule has 1 fully saturated rings. The van der Waals surface area contributed by atoms with Crippen LogP contribution in [0.15, 0.2) is 11.3 Å². The molecular weight excluding hydrogens is 252 g/mol. The predicted molar refractivity (Wildman–Crippen MR) is 68.8 cm³/mol. The van der Waals surface area contributed by atoms with E-state index >= 15 is 0 Å². The van der Waals surface area contributed by atoms with Crippen LogP contribution in [0.4, 0.5) is 0 Å². The predicted octanol–water partition coefficient (Wildman–Crippen LogP) is 0.834. The maximum Gasteiger partial charge on any atom is 0.291 e. The summed E-state index contributed by atoms with van der Waals surface area (Å²) in [6.45, 7) is 2.72. The maximum absolute atomic E-state index is 12.1. The first-order valence-corrected chi connectivity index (χ1v) is 6.92. The fourth-order valence-electron chi connectivity index (χ4n) is 2.66. The summed E-state index contributed by atoms with van der Waals surface area (Å²) in [5, 5.41) is 1.87. The van der Waals surface area contributed by atoms with Crippen LogP contribution < -0.4 is 5.32 Å². The van der Waals surface area contributed by atoms with Gasteiger partial charge in [-0.2, -0.15) is 0 Å². The van der Waals surface area contributed by atoms with Crippen LogP contribution in [-0.4, -0.2) is 42.3 Å². The number of allylic oxidation sites excluding steroid dienone is 1. The molecule has 100 valence electrons. The molecule has 18 heavy (non-hydrogen) atoms. The van der Waals surface area contributed by atoms with Crippen molar-refractivity contribution in [1.82, 2.24) is 10.2 Å². The number of nitrogens with zero attached hydrogens (tertiary/aromatic N) is 1.